The minimum absolute atomic E-state index is 0.490. The van der Waals surface area contributed by atoms with Gasteiger partial charge in [0.05, 0.1) is 6.20 Å². The average Bonchev–Trinajstić information content (AvgIpc) is 2.80. The molecule has 1 aliphatic rings. The van der Waals surface area contributed by atoms with Gasteiger partial charge in [-0.2, -0.15) is 5.10 Å². The van der Waals surface area contributed by atoms with E-state index < -0.39 is 0 Å². The first kappa shape index (κ1) is 15.6. The van der Waals surface area contributed by atoms with Crippen LogP contribution in [0.4, 0.5) is 0 Å². The molecule has 0 unspecified atom stereocenters. The van der Waals surface area contributed by atoms with Crippen LogP contribution in [0, 0.1) is 18.3 Å². The second-order valence-corrected chi connectivity index (χ2v) is 7.49. The number of hydrogen-bond donors (Lipinski definition) is 2. The Kier molecular flexibility index (Phi) is 5.25. The molecule has 1 heterocycles. The number of aromatic nitrogens is 2. The second-order valence-electron chi connectivity index (χ2n) is 7.49. The Morgan fingerprint density at radius 1 is 1.25 bits per heavy atom. The van der Waals surface area contributed by atoms with Gasteiger partial charge in [0.25, 0.3) is 0 Å². The van der Waals surface area contributed by atoms with E-state index in [0.717, 1.165) is 24.9 Å². The summed E-state index contributed by atoms with van der Waals surface area (Å²) < 4.78 is 0. The fourth-order valence-corrected chi connectivity index (χ4v) is 3.38. The lowest BCUT2D eigenvalue weighted by Gasteiger charge is -2.37. The highest BCUT2D eigenvalue weighted by atomic mass is 15.1. The summed E-state index contributed by atoms with van der Waals surface area (Å²) in [7, 11) is 0. The minimum Gasteiger partial charge on any atom is -0.314 e. The van der Waals surface area contributed by atoms with Gasteiger partial charge in [-0.15, -0.1) is 0 Å². The van der Waals surface area contributed by atoms with Crippen LogP contribution < -0.4 is 5.32 Å². The van der Waals surface area contributed by atoms with Crippen LogP contribution in [0.5, 0.6) is 0 Å². The first-order valence-corrected chi connectivity index (χ1v) is 8.19. The van der Waals surface area contributed by atoms with Crippen molar-refractivity contribution in [1.29, 1.82) is 0 Å². The number of aromatic amines is 1. The van der Waals surface area contributed by atoms with Crippen LogP contribution in [0.3, 0.4) is 0 Å². The van der Waals surface area contributed by atoms with Gasteiger partial charge in [-0.05, 0) is 68.9 Å². The molecule has 1 aromatic rings. The summed E-state index contributed by atoms with van der Waals surface area (Å²) in [4.78, 5) is 0. The van der Waals surface area contributed by atoms with E-state index >= 15 is 0 Å². The lowest BCUT2D eigenvalue weighted by Crippen LogP contribution is -2.36. The van der Waals surface area contributed by atoms with Crippen molar-refractivity contribution >= 4 is 0 Å². The Balaban J connectivity index is 1.61. The van der Waals surface area contributed by atoms with E-state index in [4.69, 9.17) is 0 Å². The molecule has 0 bridgehead atoms. The fourth-order valence-electron chi connectivity index (χ4n) is 3.38. The Morgan fingerprint density at radius 2 is 1.95 bits per heavy atom. The highest BCUT2D eigenvalue weighted by Crippen LogP contribution is 2.37. The number of H-pyrrole nitrogens is 1. The SMILES string of the molecule is Cc1[nH]ncc1CCCNC1CCC(C(C)(C)C)CC1. The minimum atomic E-state index is 0.490. The van der Waals surface area contributed by atoms with Crippen LogP contribution in [0.25, 0.3) is 0 Å². The Labute approximate surface area is 123 Å². The van der Waals surface area contributed by atoms with E-state index in [0.29, 0.717) is 5.41 Å². The van der Waals surface area contributed by atoms with Crippen LogP contribution in [0.1, 0.15) is 64.1 Å². The molecule has 3 nitrogen and oxygen atoms in total. The van der Waals surface area contributed by atoms with Gasteiger partial charge in [-0.25, -0.2) is 0 Å². The van der Waals surface area contributed by atoms with Crippen molar-refractivity contribution in [3.8, 4) is 0 Å². The molecule has 0 saturated heterocycles. The van der Waals surface area contributed by atoms with Crippen molar-refractivity contribution in [2.24, 2.45) is 11.3 Å². The summed E-state index contributed by atoms with van der Waals surface area (Å²) in [5, 5.41) is 10.8. The van der Waals surface area contributed by atoms with Gasteiger partial charge >= 0.3 is 0 Å². The zero-order chi connectivity index (χ0) is 14.6. The third kappa shape index (κ3) is 4.34. The summed E-state index contributed by atoms with van der Waals surface area (Å²) >= 11 is 0. The van der Waals surface area contributed by atoms with Crippen LogP contribution in [-0.4, -0.2) is 22.8 Å². The van der Waals surface area contributed by atoms with Gasteiger partial charge in [0.2, 0.25) is 0 Å². The van der Waals surface area contributed by atoms with E-state index in [9.17, 15) is 0 Å². The molecule has 0 radical (unpaired) electrons. The molecule has 1 saturated carbocycles. The predicted octanol–water partition coefficient (Wildman–Crippen LogP) is 3.85. The fraction of sp³-hybridized carbons (Fsp3) is 0.824. The molecule has 0 aliphatic heterocycles. The third-order valence-electron chi connectivity index (χ3n) is 4.94. The number of rotatable bonds is 5. The lowest BCUT2D eigenvalue weighted by molar-refractivity contribution is 0.160. The third-order valence-corrected chi connectivity index (χ3v) is 4.94. The van der Waals surface area contributed by atoms with Crippen molar-refractivity contribution in [3.63, 3.8) is 0 Å². The molecule has 1 aromatic heterocycles. The predicted molar refractivity (Wildman–Crippen MR) is 84.8 cm³/mol. The monoisotopic (exact) mass is 277 g/mol. The number of nitrogens with one attached hydrogen (secondary N) is 2. The Hall–Kier alpha value is -0.830. The van der Waals surface area contributed by atoms with E-state index in [1.807, 2.05) is 6.20 Å². The van der Waals surface area contributed by atoms with E-state index in [1.165, 1.54) is 43.4 Å². The standard InChI is InChI=1S/C17H31N3/c1-13-14(12-19-20-13)6-5-11-18-16-9-7-15(8-10-16)17(2,3)4/h12,15-16,18H,5-11H2,1-4H3,(H,19,20). The largest absolute Gasteiger partial charge is 0.314 e. The second kappa shape index (κ2) is 6.75. The highest BCUT2D eigenvalue weighted by molar-refractivity contribution is 5.14. The molecule has 2 N–H and O–H groups in total. The Bertz CT molecular complexity index is 395. The van der Waals surface area contributed by atoms with Gasteiger partial charge in [0.15, 0.2) is 0 Å². The van der Waals surface area contributed by atoms with E-state index in [1.54, 1.807) is 0 Å². The van der Waals surface area contributed by atoms with E-state index in [-0.39, 0.29) is 0 Å². The van der Waals surface area contributed by atoms with Crippen molar-refractivity contribution in [2.45, 2.75) is 72.3 Å². The summed E-state index contributed by atoms with van der Waals surface area (Å²) in [5.74, 6) is 0.911. The zero-order valence-corrected chi connectivity index (χ0v) is 13.6. The smallest absolute Gasteiger partial charge is 0.0522 e. The summed E-state index contributed by atoms with van der Waals surface area (Å²) in [6.45, 7) is 10.4. The molecule has 3 heteroatoms. The van der Waals surface area contributed by atoms with Gasteiger partial charge in [-0.3, -0.25) is 5.10 Å². The van der Waals surface area contributed by atoms with Crippen molar-refractivity contribution in [3.05, 3.63) is 17.5 Å². The normalized spacial score (nSPS) is 24.0. The van der Waals surface area contributed by atoms with Gasteiger partial charge < -0.3 is 5.32 Å². The van der Waals surface area contributed by atoms with Gasteiger partial charge in [0, 0.05) is 11.7 Å². The Morgan fingerprint density at radius 3 is 2.50 bits per heavy atom. The maximum Gasteiger partial charge on any atom is 0.0522 e. The quantitative estimate of drug-likeness (QED) is 0.803. The molecule has 114 valence electrons. The molecule has 0 atom stereocenters. The molecule has 2 rings (SSSR count). The summed E-state index contributed by atoms with van der Waals surface area (Å²) in [6, 6.07) is 0.749. The van der Waals surface area contributed by atoms with Crippen LogP contribution in [0.2, 0.25) is 0 Å². The lowest BCUT2D eigenvalue weighted by atomic mass is 9.71. The molecule has 20 heavy (non-hydrogen) atoms. The number of hydrogen-bond acceptors (Lipinski definition) is 2. The van der Waals surface area contributed by atoms with E-state index in [2.05, 4.69) is 43.2 Å². The highest BCUT2D eigenvalue weighted by Gasteiger charge is 2.29. The average molecular weight is 277 g/mol. The number of aryl methyl sites for hydroxylation is 2. The molecule has 1 fully saturated rings. The first-order valence-electron chi connectivity index (χ1n) is 8.19. The molecule has 1 aliphatic carbocycles. The maximum atomic E-state index is 4.08. The summed E-state index contributed by atoms with van der Waals surface area (Å²) in [6.07, 6.45) is 9.79. The van der Waals surface area contributed by atoms with Crippen molar-refractivity contribution in [1.82, 2.24) is 15.5 Å². The molecular weight excluding hydrogens is 246 g/mol. The summed E-state index contributed by atoms with van der Waals surface area (Å²) in [5.41, 5.74) is 3.07. The zero-order valence-electron chi connectivity index (χ0n) is 13.6. The van der Waals surface area contributed by atoms with Gasteiger partial charge in [-0.1, -0.05) is 20.8 Å². The van der Waals surface area contributed by atoms with Crippen LogP contribution in [0.15, 0.2) is 6.20 Å². The van der Waals surface area contributed by atoms with Gasteiger partial charge in [0.1, 0.15) is 0 Å². The molecule has 0 spiro atoms. The van der Waals surface area contributed by atoms with Crippen LogP contribution in [-0.2, 0) is 6.42 Å². The number of nitrogens with zero attached hydrogens (tertiary/aromatic N) is 1. The molecule has 0 amide bonds. The maximum absolute atomic E-state index is 4.08. The topological polar surface area (TPSA) is 40.7 Å². The van der Waals surface area contributed by atoms with Crippen LogP contribution >= 0.6 is 0 Å². The van der Waals surface area contributed by atoms with Crippen molar-refractivity contribution < 1.29 is 0 Å². The first-order chi connectivity index (χ1) is 9.47. The molecule has 0 aromatic carbocycles. The van der Waals surface area contributed by atoms with Crippen molar-refractivity contribution in [2.75, 3.05) is 6.54 Å². The molecular formula is C17H31N3.